The molecule has 1 saturated heterocycles. The molecule has 0 amide bonds. The largest absolute Gasteiger partial charge is 0.460 e. The molecular weight excluding hydrogens is 606 g/mol. The van der Waals surface area contributed by atoms with Crippen molar-refractivity contribution in [2.75, 3.05) is 6.61 Å². The molecule has 48 heavy (non-hydrogen) atoms. The first-order chi connectivity index (χ1) is 23.6. The Morgan fingerprint density at radius 3 is 1.75 bits per heavy atom. The first-order valence-electron chi connectivity index (χ1n) is 16.8. The maximum Gasteiger partial charge on any atom is 0.323 e. The third kappa shape index (κ3) is 11.1. The highest BCUT2D eigenvalue weighted by Crippen LogP contribution is 2.28. The molecule has 1 heterocycles. The van der Waals surface area contributed by atoms with Gasteiger partial charge in [0.15, 0.2) is 6.29 Å². The van der Waals surface area contributed by atoms with Crippen molar-refractivity contribution in [3.8, 4) is 0 Å². The van der Waals surface area contributed by atoms with Crippen molar-refractivity contribution in [2.24, 2.45) is 0 Å². The van der Waals surface area contributed by atoms with E-state index in [4.69, 9.17) is 23.7 Å². The van der Waals surface area contributed by atoms with Gasteiger partial charge in [-0.1, -0.05) is 121 Å². The van der Waals surface area contributed by atoms with E-state index < -0.39 is 30.6 Å². The Bertz CT molecular complexity index is 1460. The summed E-state index contributed by atoms with van der Waals surface area (Å²) in [5, 5.41) is 14.8. The number of aliphatic hydroxyl groups excluding tert-OH is 1. The zero-order valence-electron chi connectivity index (χ0n) is 27.6. The van der Waals surface area contributed by atoms with Crippen LogP contribution in [0.1, 0.15) is 48.4 Å². The summed E-state index contributed by atoms with van der Waals surface area (Å²) in [7, 11) is 0. The van der Waals surface area contributed by atoms with E-state index in [9.17, 15) is 9.90 Å². The lowest BCUT2D eigenvalue weighted by Gasteiger charge is -2.43. The minimum Gasteiger partial charge on any atom is -0.460 e. The van der Waals surface area contributed by atoms with Crippen molar-refractivity contribution >= 4 is 5.97 Å². The van der Waals surface area contributed by atoms with Gasteiger partial charge < -0.3 is 34.1 Å². The third-order valence-electron chi connectivity index (χ3n) is 8.39. The molecule has 4 aromatic rings. The summed E-state index contributed by atoms with van der Waals surface area (Å²) in [6.45, 7) is 3.74. The number of hydrogen-bond donors (Lipinski definition) is 2. The van der Waals surface area contributed by atoms with Gasteiger partial charge >= 0.3 is 5.97 Å². The summed E-state index contributed by atoms with van der Waals surface area (Å²) >= 11 is 0. The molecule has 0 saturated carbocycles. The number of aliphatic hydroxyl groups is 1. The van der Waals surface area contributed by atoms with Crippen molar-refractivity contribution in [3.05, 3.63) is 144 Å². The normalized spacial score (nSPS) is 21.4. The summed E-state index contributed by atoms with van der Waals surface area (Å²) in [6.07, 6.45) is -1.52. The number of hydrogen-bond acceptors (Lipinski definition) is 8. The van der Waals surface area contributed by atoms with Gasteiger partial charge in [-0.2, -0.15) is 0 Å². The molecule has 0 bridgehead atoms. The van der Waals surface area contributed by atoms with Crippen molar-refractivity contribution < 1.29 is 33.6 Å². The van der Waals surface area contributed by atoms with Crippen molar-refractivity contribution in [1.82, 2.24) is 5.32 Å². The van der Waals surface area contributed by atoms with Gasteiger partial charge in [0.05, 0.1) is 19.3 Å². The second-order valence-electron chi connectivity index (χ2n) is 12.1. The molecule has 1 fully saturated rings. The quantitative estimate of drug-likeness (QED) is 0.0948. The second kappa shape index (κ2) is 19.2. The highest BCUT2D eigenvalue weighted by molar-refractivity contribution is 5.75. The van der Waals surface area contributed by atoms with E-state index in [0.717, 1.165) is 22.3 Å². The highest BCUT2D eigenvalue weighted by atomic mass is 16.7. The zero-order chi connectivity index (χ0) is 33.4. The Morgan fingerprint density at radius 1 is 0.688 bits per heavy atom. The van der Waals surface area contributed by atoms with Gasteiger partial charge in [0.2, 0.25) is 0 Å². The summed E-state index contributed by atoms with van der Waals surface area (Å²) in [6, 6.07) is 38.9. The molecule has 0 spiro atoms. The predicted molar refractivity (Wildman–Crippen MR) is 183 cm³/mol. The fourth-order valence-corrected chi connectivity index (χ4v) is 5.70. The Kier molecular flexibility index (Phi) is 14.2. The Morgan fingerprint density at radius 2 is 1.19 bits per heavy atom. The zero-order valence-corrected chi connectivity index (χ0v) is 27.6. The van der Waals surface area contributed by atoms with Crippen LogP contribution < -0.4 is 5.32 Å². The van der Waals surface area contributed by atoms with E-state index in [1.165, 1.54) is 0 Å². The molecule has 4 aromatic carbocycles. The van der Waals surface area contributed by atoms with Crippen LogP contribution in [0.15, 0.2) is 121 Å². The van der Waals surface area contributed by atoms with Crippen LogP contribution in [0.3, 0.4) is 0 Å². The molecule has 8 heteroatoms. The van der Waals surface area contributed by atoms with E-state index in [1.54, 1.807) is 0 Å². The van der Waals surface area contributed by atoms with Crippen molar-refractivity contribution in [3.63, 3.8) is 0 Å². The molecule has 0 aliphatic carbocycles. The number of unbranched alkanes of at least 4 members (excludes halogenated alkanes) is 1. The number of benzene rings is 4. The fourth-order valence-electron chi connectivity index (χ4n) is 5.70. The molecule has 0 radical (unpaired) electrons. The third-order valence-corrected chi connectivity index (χ3v) is 8.39. The summed E-state index contributed by atoms with van der Waals surface area (Å²) in [5.41, 5.74) is 4.06. The Hall–Kier alpha value is -3.89. The maximum absolute atomic E-state index is 13.1. The monoisotopic (exact) mass is 653 g/mol. The number of nitrogens with one attached hydrogen (secondary N) is 1. The molecule has 1 aliphatic rings. The molecule has 254 valence electrons. The van der Waals surface area contributed by atoms with Crippen molar-refractivity contribution in [1.29, 1.82) is 0 Å². The van der Waals surface area contributed by atoms with E-state index in [1.807, 2.05) is 128 Å². The van der Waals surface area contributed by atoms with Gasteiger partial charge in [-0.15, -0.1) is 0 Å². The van der Waals surface area contributed by atoms with Crippen molar-refractivity contribution in [2.45, 2.75) is 89.3 Å². The van der Waals surface area contributed by atoms with Crippen LogP contribution in [-0.2, 0) is 54.8 Å². The molecular formula is C40H47NO7. The summed E-state index contributed by atoms with van der Waals surface area (Å²) in [5.74, 6) is -0.282. The number of carbonyl (C=O) groups excluding carboxylic acids is 1. The van der Waals surface area contributed by atoms with Gasteiger partial charge in [-0.25, -0.2) is 0 Å². The lowest BCUT2D eigenvalue weighted by atomic mass is 9.99. The highest BCUT2D eigenvalue weighted by Gasteiger charge is 2.45. The summed E-state index contributed by atoms with van der Waals surface area (Å²) < 4.78 is 30.5. The van der Waals surface area contributed by atoms with Crippen LogP contribution in [-0.4, -0.2) is 54.4 Å². The molecule has 0 aromatic heterocycles. The summed E-state index contributed by atoms with van der Waals surface area (Å²) in [4.78, 5) is 13.1. The van der Waals surface area contributed by atoms with E-state index >= 15 is 0 Å². The van der Waals surface area contributed by atoms with Crippen LogP contribution in [0, 0.1) is 0 Å². The number of rotatable bonds is 18. The Balaban J connectivity index is 1.13. The smallest absolute Gasteiger partial charge is 0.323 e. The van der Waals surface area contributed by atoms with Gasteiger partial charge in [0.1, 0.15) is 31.0 Å². The molecule has 1 aliphatic heterocycles. The van der Waals surface area contributed by atoms with Gasteiger partial charge in [0.25, 0.3) is 0 Å². The van der Waals surface area contributed by atoms with Crippen LogP contribution in [0.2, 0.25) is 0 Å². The first-order valence-corrected chi connectivity index (χ1v) is 16.8. The minimum atomic E-state index is -1.06. The number of esters is 1. The predicted octanol–water partition coefficient (Wildman–Crippen LogP) is 6.35. The standard InChI is InChI=1S/C40H47NO7/c1-30-37(45-27-32-18-8-3-9-19-32)38(46-28-33-20-10-4-11-21-33)36(42)40(48-30)44-25-15-14-24-35(41-26-31-16-6-2-7-17-31)39(43)47-29-34-22-12-5-13-23-34/h2-13,16-23,30,35-38,40-42H,14-15,24-29H2,1H3/t30-,35?,36+,37-,38-,40+/m0/s1. The average Bonchev–Trinajstić information content (AvgIpc) is 3.13. The molecule has 1 unspecified atom stereocenters. The van der Waals surface area contributed by atoms with Gasteiger partial charge in [0, 0.05) is 13.2 Å². The lowest BCUT2D eigenvalue weighted by molar-refractivity contribution is -0.309. The first kappa shape index (κ1) is 35.4. The van der Waals surface area contributed by atoms with Crippen LogP contribution in [0.5, 0.6) is 0 Å². The van der Waals surface area contributed by atoms with Gasteiger partial charge in [-0.05, 0) is 48.4 Å². The SMILES string of the molecule is C[C@@H]1O[C@@H](OCCCCC(NCc2ccccc2)C(=O)OCc2ccccc2)[C@H](O)[C@H](OCc2ccccc2)[C@H]1OCc1ccccc1. The van der Waals surface area contributed by atoms with Crippen LogP contribution in [0.25, 0.3) is 0 Å². The molecule has 6 atom stereocenters. The maximum atomic E-state index is 13.1. The van der Waals surface area contributed by atoms with Crippen LogP contribution in [0.4, 0.5) is 0 Å². The molecule has 5 rings (SSSR count). The fraction of sp³-hybridized carbons (Fsp3) is 0.375. The second-order valence-corrected chi connectivity index (χ2v) is 12.1. The lowest BCUT2D eigenvalue weighted by Crippen LogP contribution is -2.59. The molecule has 8 nitrogen and oxygen atoms in total. The van der Waals surface area contributed by atoms with Crippen LogP contribution >= 0.6 is 0 Å². The topological polar surface area (TPSA) is 95.5 Å². The van der Waals surface area contributed by atoms with E-state index in [2.05, 4.69) is 5.32 Å². The minimum absolute atomic E-state index is 0.227. The van der Waals surface area contributed by atoms with E-state index in [-0.39, 0.29) is 18.7 Å². The molecule has 2 N–H and O–H groups in total. The average molecular weight is 654 g/mol. The Labute approximate surface area is 284 Å². The van der Waals surface area contributed by atoms with E-state index in [0.29, 0.717) is 45.6 Å². The van der Waals surface area contributed by atoms with Gasteiger partial charge in [-0.3, -0.25) is 4.79 Å². The number of ether oxygens (including phenoxy) is 5. The number of carbonyl (C=O) groups is 1.